The standard InChI is InChI=1S/C20H25N3O4/c1-14-6-5-7-15(2)23(14)19(25)13-27-20(26)10-11-22-17-9-4-3-8-16(17)18(24)12-21-22/h3-4,8-9,12,14-15H,5-7,10-11,13H2,1-2H3/t14-,15-/m1/s1. The monoisotopic (exact) mass is 371 g/mol. The molecule has 7 nitrogen and oxygen atoms in total. The average molecular weight is 371 g/mol. The van der Waals surface area contributed by atoms with Crippen LogP contribution in [-0.4, -0.2) is 45.2 Å². The van der Waals surface area contributed by atoms with Crippen LogP contribution in [0.4, 0.5) is 0 Å². The second kappa shape index (κ2) is 8.33. The van der Waals surface area contributed by atoms with Crippen molar-refractivity contribution in [1.29, 1.82) is 0 Å². The van der Waals surface area contributed by atoms with Gasteiger partial charge in [-0.05, 0) is 45.2 Å². The first-order valence-electron chi connectivity index (χ1n) is 9.39. The van der Waals surface area contributed by atoms with Gasteiger partial charge < -0.3 is 9.64 Å². The number of fused-ring (bicyclic) bond motifs is 1. The topological polar surface area (TPSA) is 81.5 Å². The summed E-state index contributed by atoms with van der Waals surface area (Å²) in [5.41, 5.74) is 0.518. The number of para-hydroxylation sites is 1. The van der Waals surface area contributed by atoms with Crippen molar-refractivity contribution in [3.05, 3.63) is 40.7 Å². The van der Waals surface area contributed by atoms with E-state index in [9.17, 15) is 14.4 Å². The van der Waals surface area contributed by atoms with Crippen LogP contribution in [-0.2, 0) is 20.9 Å². The number of piperidine rings is 1. The Kier molecular flexibility index (Phi) is 5.88. The fourth-order valence-electron chi connectivity index (χ4n) is 3.74. The van der Waals surface area contributed by atoms with Crippen molar-refractivity contribution in [3.63, 3.8) is 0 Å². The summed E-state index contributed by atoms with van der Waals surface area (Å²) in [4.78, 5) is 38.1. The van der Waals surface area contributed by atoms with E-state index in [4.69, 9.17) is 4.74 Å². The normalized spacial score (nSPS) is 19.9. The van der Waals surface area contributed by atoms with E-state index in [1.54, 1.807) is 22.9 Å². The number of hydrogen-bond donors (Lipinski definition) is 0. The van der Waals surface area contributed by atoms with Crippen molar-refractivity contribution in [2.75, 3.05) is 6.61 Å². The molecule has 1 aliphatic heterocycles. The van der Waals surface area contributed by atoms with Gasteiger partial charge in [0, 0.05) is 17.5 Å². The summed E-state index contributed by atoms with van der Waals surface area (Å²) < 4.78 is 6.78. The first-order valence-corrected chi connectivity index (χ1v) is 9.39. The van der Waals surface area contributed by atoms with E-state index in [0.29, 0.717) is 10.9 Å². The van der Waals surface area contributed by atoms with Gasteiger partial charge in [-0.15, -0.1) is 0 Å². The fraction of sp³-hybridized carbons (Fsp3) is 0.500. The zero-order chi connectivity index (χ0) is 19.4. The molecule has 1 saturated heterocycles. The highest BCUT2D eigenvalue weighted by molar-refractivity contribution is 5.81. The Balaban J connectivity index is 1.55. The molecule has 2 heterocycles. The van der Waals surface area contributed by atoms with Crippen LogP contribution in [0.2, 0.25) is 0 Å². The number of aryl methyl sites for hydroxylation is 1. The zero-order valence-corrected chi connectivity index (χ0v) is 15.8. The number of hydrogen-bond acceptors (Lipinski definition) is 5. The lowest BCUT2D eigenvalue weighted by Gasteiger charge is -2.38. The van der Waals surface area contributed by atoms with Gasteiger partial charge in [0.1, 0.15) is 0 Å². The number of esters is 1. The third-order valence-corrected chi connectivity index (χ3v) is 5.13. The van der Waals surface area contributed by atoms with Gasteiger partial charge in [0.15, 0.2) is 6.61 Å². The summed E-state index contributed by atoms with van der Waals surface area (Å²) in [6.07, 6.45) is 4.41. The maximum Gasteiger partial charge on any atom is 0.308 e. The predicted molar refractivity (Wildman–Crippen MR) is 101 cm³/mol. The number of amides is 1. The van der Waals surface area contributed by atoms with Gasteiger partial charge in [0.2, 0.25) is 5.43 Å². The van der Waals surface area contributed by atoms with E-state index in [-0.39, 0.29) is 43.0 Å². The molecule has 1 fully saturated rings. The molecule has 0 saturated carbocycles. The number of likely N-dealkylation sites (tertiary alicyclic amines) is 1. The highest BCUT2D eigenvalue weighted by atomic mass is 16.5. The van der Waals surface area contributed by atoms with Crippen LogP contribution in [0.1, 0.15) is 39.5 Å². The van der Waals surface area contributed by atoms with Gasteiger partial charge in [-0.1, -0.05) is 12.1 Å². The Hall–Kier alpha value is -2.70. The van der Waals surface area contributed by atoms with Gasteiger partial charge in [-0.25, -0.2) is 0 Å². The van der Waals surface area contributed by atoms with Crippen molar-refractivity contribution < 1.29 is 14.3 Å². The molecular formula is C20H25N3O4. The molecule has 3 rings (SSSR count). The smallest absolute Gasteiger partial charge is 0.308 e. The van der Waals surface area contributed by atoms with Crippen molar-refractivity contribution in [2.24, 2.45) is 0 Å². The number of benzene rings is 1. The third kappa shape index (κ3) is 4.35. The third-order valence-electron chi connectivity index (χ3n) is 5.13. The SMILES string of the molecule is C[C@@H]1CCC[C@@H](C)N1C(=O)COC(=O)CCn1ncc(=O)c2ccccc21. The van der Waals surface area contributed by atoms with Crippen molar-refractivity contribution >= 4 is 22.8 Å². The largest absolute Gasteiger partial charge is 0.456 e. The Bertz CT molecular complexity index is 882. The molecule has 0 spiro atoms. The molecular weight excluding hydrogens is 346 g/mol. The van der Waals surface area contributed by atoms with E-state index < -0.39 is 5.97 Å². The number of aromatic nitrogens is 2. The first kappa shape index (κ1) is 19.1. The van der Waals surface area contributed by atoms with Crippen molar-refractivity contribution in [3.8, 4) is 0 Å². The van der Waals surface area contributed by atoms with Gasteiger partial charge in [0.05, 0.1) is 24.7 Å². The number of rotatable bonds is 5. The van der Waals surface area contributed by atoms with E-state index >= 15 is 0 Å². The Morgan fingerprint density at radius 3 is 2.63 bits per heavy atom. The number of carbonyl (C=O) groups excluding carboxylic acids is 2. The van der Waals surface area contributed by atoms with Crippen LogP contribution in [0, 0.1) is 0 Å². The Labute approximate surface area is 157 Å². The maximum atomic E-state index is 12.4. The first-order chi connectivity index (χ1) is 13.0. The molecule has 1 aromatic heterocycles. The minimum absolute atomic E-state index is 0.0816. The minimum atomic E-state index is -0.453. The summed E-state index contributed by atoms with van der Waals surface area (Å²) >= 11 is 0. The van der Waals surface area contributed by atoms with Gasteiger partial charge in [-0.2, -0.15) is 5.10 Å². The van der Waals surface area contributed by atoms with Crippen molar-refractivity contribution in [1.82, 2.24) is 14.7 Å². The Morgan fingerprint density at radius 1 is 1.19 bits per heavy atom. The highest BCUT2D eigenvalue weighted by Gasteiger charge is 2.29. The number of nitrogens with zero attached hydrogens (tertiary/aromatic N) is 3. The lowest BCUT2D eigenvalue weighted by atomic mass is 9.97. The summed E-state index contributed by atoms with van der Waals surface area (Å²) in [6.45, 7) is 4.11. The predicted octanol–water partition coefficient (Wildman–Crippen LogP) is 2.12. The van der Waals surface area contributed by atoms with Crippen LogP contribution in [0.15, 0.2) is 35.3 Å². The minimum Gasteiger partial charge on any atom is -0.456 e. The van der Waals surface area contributed by atoms with Crippen LogP contribution < -0.4 is 5.43 Å². The van der Waals surface area contributed by atoms with Crippen molar-refractivity contribution in [2.45, 2.75) is 58.2 Å². The van der Waals surface area contributed by atoms with Gasteiger partial charge >= 0.3 is 5.97 Å². The molecule has 0 radical (unpaired) electrons. The summed E-state index contributed by atoms with van der Waals surface area (Å²) in [7, 11) is 0. The molecule has 1 aromatic carbocycles. The second-order valence-corrected chi connectivity index (χ2v) is 7.09. The molecule has 27 heavy (non-hydrogen) atoms. The summed E-state index contributed by atoms with van der Waals surface area (Å²) in [6, 6.07) is 7.48. The van der Waals surface area contributed by atoms with Crippen LogP contribution in [0.5, 0.6) is 0 Å². The average Bonchev–Trinajstić information content (AvgIpc) is 2.66. The maximum absolute atomic E-state index is 12.4. The Morgan fingerprint density at radius 2 is 1.89 bits per heavy atom. The zero-order valence-electron chi connectivity index (χ0n) is 15.8. The van der Waals surface area contributed by atoms with E-state index in [0.717, 1.165) is 19.3 Å². The van der Waals surface area contributed by atoms with Crippen LogP contribution in [0.3, 0.4) is 0 Å². The molecule has 2 aromatic rings. The van der Waals surface area contributed by atoms with Crippen LogP contribution >= 0.6 is 0 Å². The molecule has 144 valence electrons. The van der Waals surface area contributed by atoms with E-state index in [1.165, 1.54) is 6.20 Å². The van der Waals surface area contributed by atoms with Gasteiger partial charge in [-0.3, -0.25) is 19.1 Å². The molecule has 2 atom stereocenters. The lowest BCUT2D eigenvalue weighted by Crippen LogP contribution is -2.49. The fourth-order valence-corrected chi connectivity index (χ4v) is 3.74. The van der Waals surface area contributed by atoms with E-state index in [1.807, 2.05) is 24.8 Å². The molecule has 1 amide bonds. The highest BCUT2D eigenvalue weighted by Crippen LogP contribution is 2.22. The molecule has 1 aliphatic rings. The molecule has 0 N–H and O–H groups in total. The molecule has 0 aliphatic carbocycles. The summed E-state index contributed by atoms with van der Waals surface area (Å²) in [5, 5.41) is 4.65. The van der Waals surface area contributed by atoms with Gasteiger partial charge in [0.25, 0.3) is 5.91 Å². The molecule has 0 unspecified atom stereocenters. The number of ether oxygens (including phenoxy) is 1. The molecule has 0 bridgehead atoms. The van der Waals surface area contributed by atoms with Crippen LogP contribution in [0.25, 0.3) is 10.9 Å². The second-order valence-electron chi connectivity index (χ2n) is 7.09. The molecule has 7 heteroatoms. The lowest BCUT2D eigenvalue weighted by molar-refractivity contribution is -0.155. The summed E-state index contributed by atoms with van der Waals surface area (Å²) in [5.74, 6) is -0.597. The number of carbonyl (C=O) groups is 2. The van der Waals surface area contributed by atoms with E-state index in [2.05, 4.69) is 5.10 Å². The quantitative estimate of drug-likeness (QED) is 0.752.